The van der Waals surface area contributed by atoms with E-state index in [1.165, 1.54) is 11.3 Å². The van der Waals surface area contributed by atoms with E-state index >= 15 is 0 Å². The van der Waals surface area contributed by atoms with Crippen LogP contribution >= 0.6 is 11.3 Å². The Hall–Kier alpha value is -1.41. The van der Waals surface area contributed by atoms with Gasteiger partial charge in [0.1, 0.15) is 0 Å². The standard InChI is InChI=1S/C11H8OS.C2H6/c12-11(10-7-4-8-13-10)9-5-2-1-3-6-9;1-2/h1-8H;1-2H3. The van der Waals surface area contributed by atoms with Crippen LogP contribution in [0.1, 0.15) is 29.1 Å². The minimum absolute atomic E-state index is 0.107. The molecule has 1 heterocycles. The highest BCUT2D eigenvalue weighted by Gasteiger charge is 2.07. The Morgan fingerprint density at radius 3 is 2.20 bits per heavy atom. The van der Waals surface area contributed by atoms with Crippen LogP contribution in [-0.2, 0) is 0 Å². The highest BCUT2D eigenvalue weighted by molar-refractivity contribution is 7.12. The molecule has 0 spiro atoms. The van der Waals surface area contributed by atoms with Crippen molar-refractivity contribution >= 4 is 17.1 Å². The minimum atomic E-state index is 0.107. The van der Waals surface area contributed by atoms with Gasteiger partial charge in [0, 0.05) is 5.56 Å². The molecule has 0 saturated heterocycles. The molecule has 0 aliphatic carbocycles. The summed E-state index contributed by atoms with van der Waals surface area (Å²) in [5, 5.41) is 1.91. The summed E-state index contributed by atoms with van der Waals surface area (Å²) in [4.78, 5) is 12.5. The lowest BCUT2D eigenvalue weighted by Crippen LogP contribution is -1.96. The molecule has 78 valence electrons. The smallest absolute Gasteiger partial charge is 0.202 e. The Kier molecular flexibility index (Phi) is 4.78. The number of rotatable bonds is 2. The van der Waals surface area contributed by atoms with Crippen molar-refractivity contribution < 1.29 is 4.79 Å². The maximum Gasteiger partial charge on any atom is 0.202 e. The average Bonchev–Trinajstić information content (AvgIpc) is 2.85. The van der Waals surface area contributed by atoms with Gasteiger partial charge in [-0.3, -0.25) is 4.79 Å². The Morgan fingerprint density at radius 1 is 1.00 bits per heavy atom. The fraction of sp³-hybridized carbons (Fsp3) is 0.154. The van der Waals surface area contributed by atoms with Gasteiger partial charge >= 0.3 is 0 Å². The molecule has 2 aromatic rings. The molecule has 0 fully saturated rings. The molecule has 1 aromatic heterocycles. The first-order chi connectivity index (χ1) is 7.38. The molecular weight excluding hydrogens is 204 g/mol. The Bertz CT molecular complexity index is 390. The van der Waals surface area contributed by atoms with Gasteiger partial charge in [-0.2, -0.15) is 0 Å². The molecule has 1 nitrogen and oxygen atoms in total. The van der Waals surface area contributed by atoms with Crippen LogP contribution in [0.15, 0.2) is 47.8 Å². The molecule has 1 aromatic carbocycles. The highest BCUT2D eigenvalue weighted by Crippen LogP contribution is 2.14. The van der Waals surface area contributed by atoms with Crippen LogP contribution in [0.4, 0.5) is 0 Å². The van der Waals surface area contributed by atoms with Crippen molar-refractivity contribution in [3.05, 3.63) is 58.3 Å². The first-order valence-electron chi connectivity index (χ1n) is 5.01. The van der Waals surface area contributed by atoms with Crippen LogP contribution in [0.3, 0.4) is 0 Å². The van der Waals surface area contributed by atoms with Crippen LogP contribution in [0.5, 0.6) is 0 Å². The Balaban J connectivity index is 0.000000531. The van der Waals surface area contributed by atoms with E-state index in [1.54, 1.807) is 0 Å². The van der Waals surface area contributed by atoms with Crippen molar-refractivity contribution in [2.24, 2.45) is 0 Å². The van der Waals surface area contributed by atoms with Gasteiger partial charge in [-0.05, 0) is 11.4 Å². The number of ketones is 1. The highest BCUT2D eigenvalue weighted by atomic mass is 32.1. The van der Waals surface area contributed by atoms with E-state index in [4.69, 9.17) is 0 Å². The summed E-state index contributed by atoms with van der Waals surface area (Å²) >= 11 is 1.48. The lowest BCUT2D eigenvalue weighted by Gasteiger charge is -1.95. The van der Waals surface area contributed by atoms with Crippen molar-refractivity contribution in [1.82, 2.24) is 0 Å². The molecule has 2 heteroatoms. The number of thiophene rings is 1. The maximum absolute atomic E-state index is 11.7. The van der Waals surface area contributed by atoms with Crippen molar-refractivity contribution in [1.29, 1.82) is 0 Å². The van der Waals surface area contributed by atoms with Gasteiger partial charge in [-0.15, -0.1) is 11.3 Å². The summed E-state index contributed by atoms with van der Waals surface area (Å²) in [5.74, 6) is 0.107. The van der Waals surface area contributed by atoms with Crippen molar-refractivity contribution in [3.63, 3.8) is 0 Å². The molecule has 0 aliphatic heterocycles. The van der Waals surface area contributed by atoms with Crippen LogP contribution in [-0.4, -0.2) is 5.78 Å². The van der Waals surface area contributed by atoms with Crippen LogP contribution in [0.2, 0.25) is 0 Å². The van der Waals surface area contributed by atoms with Gasteiger partial charge in [-0.25, -0.2) is 0 Å². The van der Waals surface area contributed by atoms with Crippen LogP contribution < -0.4 is 0 Å². The fourth-order valence-electron chi connectivity index (χ4n) is 1.14. The van der Waals surface area contributed by atoms with Crippen molar-refractivity contribution in [3.8, 4) is 0 Å². The number of carbonyl (C=O) groups is 1. The van der Waals surface area contributed by atoms with Crippen LogP contribution in [0, 0.1) is 0 Å². The number of hydrogen-bond donors (Lipinski definition) is 0. The Morgan fingerprint density at radius 2 is 1.67 bits per heavy atom. The predicted octanol–water partition coefficient (Wildman–Crippen LogP) is 4.01. The first kappa shape index (κ1) is 11.7. The molecule has 0 saturated carbocycles. The van der Waals surface area contributed by atoms with E-state index in [1.807, 2.05) is 61.7 Å². The lowest BCUT2D eigenvalue weighted by atomic mass is 10.1. The summed E-state index contributed by atoms with van der Waals surface area (Å²) in [6.07, 6.45) is 0. The Labute approximate surface area is 94.4 Å². The van der Waals surface area contributed by atoms with E-state index in [9.17, 15) is 4.79 Å². The zero-order chi connectivity index (χ0) is 11.1. The van der Waals surface area contributed by atoms with E-state index in [2.05, 4.69) is 0 Å². The van der Waals surface area contributed by atoms with Crippen molar-refractivity contribution in [2.45, 2.75) is 13.8 Å². The lowest BCUT2D eigenvalue weighted by molar-refractivity contribution is 0.104. The van der Waals surface area contributed by atoms with Crippen molar-refractivity contribution in [2.75, 3.05) is 0 Å². The first-order valence-corrected chi connectivity index (χ1v) is 5.89. The third-order valence-electron chi connectivity index (χ3n) is 1.78. The molecule has 0 amide bonds. The molecule has 0 N–H and O–H groups in total. The maximum atomic E-state index is 11.7. The largest absolute Gasteiger partial charge is 0.288 e. The van der Waals surface area contributed by atoms with Gasteiger partial charge < -0.3 is 0 Å². The molecule has 0 atom stereocenters. The van der Waals surface area contributed by atoms with Gasteiger partial charge in [0.15, 0.2) is 0 Å². The fourth-order valence-corrected chi connectivity index (χ4v) is 1.83. The minimum Gasteiger partial charge on any atom is -0.288 e. The molecule has 2 rings (SSSR count). The van der Waals surface area contributed by atoms with Crippen LogP contribution in [0.25, 0.3) is 0 Å². The van der Waals surface area contributed by atoms with E-state index in [0.29, 0.717) is 0 Å². The third kappa shape index (κ3) is 3.03. The van der Waals surface area contributed by atoms with Gasteiger partial charge in [0.2, 0.25) is 5.78 Å². The quantitative estimate of drug-likeness (QED) is 0.696. The normalized spacial score (nSPS) is 8.93. The zero-order valence-electron chi connectivity index (χ0n) is 8.94. The van der Waals surface area contributed by atoms with Gasteiger partial charge in [0.05, 0.1) is 4.88 Å². The number of carbonyl (C=O) groups excluding carboxylic acids is 1. The molecule has 15 heavy (non-hydrogen) atoms. The molecular formula is C13H14OS. The number of hydrogen-bond acceptors (Lipinski definition) is 2. The SMILES string of the molecule is CC.O=C(c1ccccc1)c1cccs1. The predicted molar refractivity (Wildman–Crippen MR) is 65.5 cm³/mol. The average molecular weight is 218 g/mol. The molecule has 0 radical (unpaired) electrons. The van der Waals surface area contributed by atoms with Gasteiger partial charge in [0.25, 0.3) is 0 Å². The third-order valence-corrected chi connectivity index (χ3v) is 2.65. The summed E-state index contributed by atoms with van der Waals surface area (Å²) in [6.45, 7) is 4.00. The zero-order valence-corrected chi connectivity index (χ0v) is 9.75. The van der Waals surface area contributed by atoms with E-state index < -0.39 is 0 Å². The second kappa shape index (κ2) is 6.14. The van der Waals surface area contributed by atoms with E-state index in [-0.39, 0.29) is 5.78 Å². The van der Waals surface area contributed by atoms with Gasteiger partial charge in [-0.1, -0.05) is 50.2 Å². The molecule has 0 aliphatic rings. The summed E-state index contributed by atoms with van der Waals surface area (Å²) in [6, 6.07) is 13.1. The summed E-state index contributed by atoms with van der Waals surface area (Å²) in [7, 11) is 0. The second-order valence-electron chi connectivity index (χ2n) is 2.67. The molecule has 0 bridgehead atoms. The second-order valence-corrected chi connectivity index (χ2v) is 3.62. The van der Waals surface area contributed by atoms with E-state index in [0.717, 1.165) is 10.4 Å². The summed E-state index contributed by atoms with van der Waals surface area (Å²) < 4.78 is 0. The monoisotopic (exact) mass is 218 g/mol. The summed E-state index contributed by atoms with van der Waals surface area (Å²) in [5.41, 5.74) is 0.755. The molecule has 0 unspecified atom stereocenters. The topological polar surface area (TPSA) is 17.1 Å². The number of benzene rings is 1.